The van der Waals surface area contributed by atoms with Crippen molar-refractivity contribution in [1.82, 2.24) is 24.1 Å². The van der Waals surface area contributed by atoms with Gasteiger partial charge < -0.3 is 41.2 Å². The Morgan fingerprint density at radius 1 is 1.33 bits per heavy atom. The number of thioether (sulfide) groups is 1. The molecule has 0 unspecified atom stereocenters. The molecule has 1 saturated heterocycles. The third-order valence-corrected chi connectivity index (χ3v) is 10.5. The van der Waals surface area contributed by atoms with Crippen molar-refractivity contribution in [2.45, 2.75) is 44.0 Å². The highest BCUT2D eigenvalue weighted by molar-refractivity contribution is 8.00. The van der Waals surface area contributed by atoms with Gasteiger partial charge in [0.2, 0.25) is 22.7 Å². The molecule has 2 aliphatic rings. The fraction of sp³-hybridized carbons (Fsp3) is 0.276. The summed E-state index contributed by atoms with van der Waals surface area (Å²) in [7, 11) is 0. The van der Waals surface area contributed by atoms with Gasteiger partial charge in [0.25, 0.3) is 11.8 Å². The lowest BCUT2D eigenvalue weighted by Gasteiger charge is -2.50. The van der Waals surface area contributed by atoms with Crippen LogP contribution >= 0.6 is 34.6 Å². The minimum Gasteiger partial charge on any atom is -0.543 e. The Morgan fingerprint density at radius 2 is 2.10 bits per heavy atom. The molecule has 4 aromatic heterocycles. The summed E-state index contributed by atoms with van der Waals surface area (Å²) < 4.78 is 7.87. The third kappa shape index (κ3) is 6.44. The second-order valence-electron chi connectivity index (χ2n) is 11.5. The number of pyridine rings is 1. The molecule has 254 valence electrons. The van der Waals surface area contributed by atoms with Crippen molar-refractivity contribution in [3.63, 3.8) is 0 Å². The number of thiophene rings is 1. The summed E-state index contributed by atoms with van der Waals surface area (Å²) >= 11 is 3.53. The molecule has 7 N–H and O–H groups in total. The normalized spacial score (nSPS) is 17.9. The van der Waals surface area contributed by atoms with Crippen LogP contribution in [0.25, 0.3) is 11.0 Å². The lowest BCUT2D eigenvalue weighted by Crippen LogP contribution is -2.71. The number of carbonyl (C=O) groups excluding carboxylic acids is 3. The van der Waals surface area contributed by atoms with Gasteiger partial charge in [-0.3, -0.25) is 19.9 Å². The Kier molecular flexibility index (Phi) is 8.86. The number of hydrogen-bond donors (Lipinski definition) is 5. The number of β-lactam (4-membered cyclic amide) rings is 1. The van der Waals surface area contributed by atoms with E-state index in [0.717, 1.165) is 32.3 Å². The number of aromatic nitrogens is 4. The van der Waals surface area contributed by atoms with E-state index in [9.17, 15) is 29.4 Å². The van der Waals surface area contributed by atoms with Gasteiger partial charge in [-0.2, -0.15) is 13.9 Å². The molecule has 6 heterocycles. The SMILES string of the molecule is CC(C)(O/N=C(\C(=O)N[C@@H]1C(=O)N2C(C(=O)[O-])=C(C[n+]3cccc4c3ccn4Cc3cc(C(=N)N)cs3)CS[C@H]12)c1nsc(N)n1)C(=O)O. The van der Waals surface area contributed by atoms with Crippen molar-refractivity contribution in [3.05, 3.63) is 69.6 Å². The average Bonchev–Trinajstić information content (AvgIpc) is 3.81. The highest BCUT2D eigenvalue weighted by Crippen LogP contribution is 2.40. The number of oxime groups is 1. The van der Waals surface area contributed by atoms with E-state index in [1.54, 1.807) is 0 Å². The van der Waals surface area contributed by atoms with Crippen LogP contribution in [0.4, 0.5) is 5.13 Å². The maximum atomic E-state index is 13.4. The number of hydrogen-bond acceptors (Lipinski definition) is 14. The van der Waals surface area contributed by atoms with Gasteiger partial charge in [-0.25, -0.2) is 4.79 Å². The van der Waals surface area contributed by atoms with Gasteiger partial charge in [0.1, 0.15) is 22.8 Å². The number of amides is 2. The van der Waals surface area contributed by atoms with Crippen LogP contribution < -0.4 is 26.5 Å². The number of aliphatic carboxylic acids is 2. The van der Waals surface area contributed by atoms with Crippen molar-refractivity contribution >= 4 is 86.1 Å². The van der Waals surface area contributed by atoms with Crippen molar-refractivity contribution in [2.24, 2.45) is 10.9 Å². The van der Waals surface area contributed by atoms with Gasteiger partial charge >= 0.3 is 5.97 Å². The summed E-state index contributed by atoms with van der Waals surface area (Å²) in [6.07, 6.45) is 3.73. The number of carboxylic acids is 2. The van der Waals surface area contributed by atoms with E-state index in [1.165, 1.54) is 36.9 Å². The molecule has 2 aliphatic heterocycles. The zero-order valence-corrected chi connectivity index (χ0v) is 28.2. The molecular formula is C29H28N10O7S3. The predicted molar refractivity (Wildman–Crippen MR) is 177 cm³/mol. The van der Waals surface area contributed by atoms with E-state index in [2.05, 4.69) is 19.8 Å². The van der Waals surface area contributed by atoms with Gasteiger partial charge in [0.15, 0.2) is 17.9 Å². The van der Waals surface area contributed by atoms with E-state index in [4.69, 9.17) is 21.7 Å². The second-order valence-corrected chi connectivity index (χ2v) is 14.4. The minimum absolute atomic E-state index is 0.000491. The Morgan fingerprint density at radius 3 is 2.76 bits per heavy atom. The molecule has 0 aromatic carbocycles. The number of anilines is 1. The van der Waals surface area contributed by atoms with Crippen LogP contribution in [0.3, 0.4) is 0 Å². The molecule has 4 aromatic rings. The Labute approximate surface area is 289 Å². The summed E-state index contributed by atoms with van der Waals surface area (Å²) in [4.78, 5) is 61.8. The molecule has 0 bridgehead atoms. The summed E-state index contributed by atoms with van der Waals surface area (Å²) in [5.74, 6) is -4.54. The zero-order chi connectivity index (χ0) is 35.2. The summed E-state index contributed by atoms with van der Waals surface area (Å²) in [5, 5.41) is 36.8. The van der Waals surface area contributed by atoms with E-state index in [1.807, 2.05) is 51.2 Å². The lowest BCUT2D eigenvalue weighted by atomic mass is 10.0. The van der Waals surface area contributed by atoms with Crippen molar-refractivity contribution in [2.75, 3.05) is 11.5 Å². The summed E-state index contributed by atoms with van der Waals surface area (Å²) in [6.45, 7) is 3.15. The minimum atomic E-state index is -1.81. The number of carbonyl (C=O) groups is 4. The fourth-order valence-corrected chi connectivity index (χ4v) is 7.84. The fourth-order valence-electron chi connectivity index (χ4n) is 5.19. The van der Waals surface area contributed by atoms with Crippen molar-refractivity contribution in [3.8, 4) is 0 Å². The van der Waals surface area contributed by atoms with Gasteiger partial charge in [0, 0.05) is 57.0 Å². The zero-order valence-electron chi connectivity index (χ0n) is 25.8. The Bertz CT molecular complexity index is 2100. The average molecular weight is 725 g/mol. The van der Waals surface area contributed by atoms with E-state index in [-0.39, 0.29) is 34.8 Å². The number of rotatable bonds is 12. The molecule has 1 fully saturated rings. The summed E-state index contributed by atoms with van der Waals surface area (Å²) in [6, 6.07) is 6.43. The molecule has 2 amide bonds. The van der Waals surface area contributed by atoms with Crippen LogP contribution in [0.1, 0.15) is 30.1 Å². The molecule has 17 nitrogen and oxygen atoms in total. The van der Waals surface area contributed by atoms with E-state index < -0.39 is 46.5 Å². The monoisotopic (exact) mass is 724 g/mol. The maximum absolute atomic E-state index is 13.4. The molecule has 0 radical (unpaired) electrons. The first-order valence-electron chi connectivity index (χ1n) is 14.4. The van der Waals surface area contributed by atoms with Gasteiger partial charge in [-0.05, 0) is 26.0 Å². The maximum Gasteiger partial charge on any atom is 0.350 e. The van der Waals surface area contributed by atoms with E-state index >= 15 is 0 Å². The quantitative estimate of drug-likeness (QED) is 0.0405. The first-order valence-corrected chi connectivity index (χ1v) is 17.1. The van der Waals surface area contributed by atoms with Crippen LogP contribution in [-0.2, 0) is 37.1 Å². The first kappa shape index (κ1) is 33.6. The second kappa shape index (κ2) is 12.9. The number of fused-ring (bicyclic) bond motifs is 2. The molecule has 20 heteroatoms. The van der Waals surface area contributed by atoms with Gasteiger partial charge in [0.05, 0.1) is 18.2 Å². The number of nitrogen functional groups attached to an aromatic ring is 2. The van der Waals surface area contributed by atoms with Crippen LogP contribution in [0.5, 0.6) is 0 Å². The molecule has 6 rings (SSSR count). The molecule has 0 aliphatic carbocycles. The first-order chi connectivity index (χ1) is 23.2. The Balaban J connectivity index is 1.22. The number of carboxylic acid groups (broad SMARTS) is 2. The van der Waals surface area contributed by atoms with Gasteiger partial charge in [-0.15, -0.1) is 23.1 Å². The van der Waals surface area contributed by atoms with Crippen molar-refractivity contribution < 1.29 is 38.8 Å². The van der Waals surface area contributed by atoms with Crippen LogP contribution in [0.15, 0.2) is 58.5 Å². The van der Waals surface area contributed by atoms with Crippen LogP contribution in [0, 0.1) is 5.41 Å². The smallest absolute Gasteiger partial charge is 0.350 e. The highest BCUT2D eigenvalue weighted by atomic mass is 32.2. The molecule has 49 heavy (non-hydrogen) atoms. The van der Waals surface area contributed by atoms with Gasteiger partial charge in [-0.1, -0.05) is 5.16 Å². The van der Waals surface area contributed by atoms with E-state index in [0.29, 0.717) is 17.7 Å². The number of amidine groups is 1. The van der Waals surface area contributed by atoms with Crippen molar-refractivity contribution in [1.29, 1.82) is 5.41 Å². The third-order valence-electron chi connectivity index (χ3n) is 7.74. The summed E-state index contributed by atoms with van der Waals surface area (Å²) in [5.41, 5.74) is 11.5. The number of nitrogens with two attached hydrogens (primary N) is 2. The van der Waals surface area contributed by atoms with Crippen LogP contribution in [-0.4, -0.2) is 82.0 Å². The standard InChI is InChI=1S/C29H28N10O7S3/c1-29(2,27(44)45)46-35-18(22-34-28(32)49-36-22)23(40)33-19-24(41)39-20(26(42)43)14(12-48-25(19)39)9-37-6-3-4-16-17(37)5-7-38(16)10-15-8-13(11-47-15)21(30)31/h3-8,11,19,25H,9-10,12H2,1-2H3,(H7-,30,31,32,33,34,36,40,42,43,44,45)/b35-18-/t19-,25-/m1/s1. The largest absolute Gasteiger partial charge is 0.543 e. The lowest BCUT2D eigenvalue weighted by molar-refractivity contribution is -0.663. The topological polar surface area (TPSA) is 259 Å². The number of nitrogens with one attached hydrogen (secondary N) is 2. The molecule has 0 saturated carbocycles. The molecule has 2 atom stereocenters. The Hall–Kier alpha value is -5.34. The highest BCUT2D eigenvalue weighted by Gasteiger charge is 2.53. The predicted octanol–water partition coefficient (Wildman–Crippen LogP) is -0.556. The molecule has 0 spiro atoms. The number of nitrogens with zero attached hydrogens (tertiary/aromatic N) is 6. The van der Waals surface area contributed by atoms with Crippen LogP contribution in [0.2, 0.25) is 0 Å². The molecular weight excluding hydrogens is 697 g/mol.